The zero-order valence-electron chi connectivity index (χ0n) is 22.3. The Balaban J connectivity index is 1.84. The highest BCUT2D eigenvalue weighted by Crippen LogP contribution is 2.10. The van der Waals surface area contributed by atoms with Gasteiger partial charge in [-0.1, -0.05) is 65.2 Å². The Labute approximate surface area is 205 Å². The van der Waals surface area contributed by atoms with Crippen LogP contribution in [0.2, 0.25) is 0 Å². The van der Waals surface area contributed by atoms with E-state index in [-0.39, 0.29) is 5.97 Å². The van der Waals surface area contributed by atoms with Gasteiger partial charge in [0, 0.05) is 32.8 Å². The third-order valence-electron chi connectivity index (χ3n) is 6.69. The minimum atomic E-state index is -0.0427. The molecule has 0 unspecified atom stereocenters. The summed E-state index contributed by atoms with van der Waals surface area (Å²) in [5, 5.41) is 0. The molecule has 1 aliphatic rings. The fourth-order valence-electron chi connectivity index (χ4n) is 4.55. The van der Waals surface area contributed by atoms with Crippen LogP contribution in [-0.4, -0.2) is 74.9 Å². The Morgan fingerprint density at radius 1 is 0.697 bits per heavy atom. The second kappa shape index (κ2) is 23.1. The topological polar surface area (TPSA) is 42.0 Å². The Kier molecular flexibility index (Phi) is 21.3. The molecule has 5 heteroatoms. The fourth-order valence-corrected chi connectivity index (χ4v) is 4.55. The third kappa shape index (κ3) is 19.4. The summed E-state index contributed by atoms with van der Waals surface area (Å²) in [6, 6.07) is 0. The van der Waals surface area contributed by atoms with E-state index in [1.54, 1.807) is 0 Å². The Bertz CT molecular complexity index is 427. The average Bonchev–Trinajstić information content (AvgIpc) is 3.34. The second-order valence-corrected chi connectivity index (χ2v) is 9.86. The third-order valence-corrected chi connectivity index (χ3v) is 6.69. The molecule has 5 nitrogen and oxygen atoms in total. The molecule has 0 atom stereocenters. The summed E-state index contributed by atoms with van der Waals surface area (Å²) in [5.74, 6) is -0.0427. The standard InChI is InChI=1S/C28H56N2O3/c1-3-5-6-7-8-9-10-11-15-25-32-26-16-12-17-27-33-28(31)18-22-29(19-4-2)23-24-30-20-13-14-21-30/h3-27H2,1-2H3. The van der Waals surface area contributed by atoms with Crippen molar-refractivity contribution in [2.75, 3.05) is 59.1 Å². The van der Waals surface area contributed by atoms with Crippen LogP contribution in [0.5, 0.6) is 0 Å². The van der Waals surface area contributed by atoms with Crippen molar-refractivity contribution in [3.63, 3.8) is 0 Å². The lowest BCUT2D eigenvalue weighted by Crippen LogP contribution is -2.35. The van der Waals surface area contributed by atoms with Crippen LogP contribution in [0.1, 0.15) is 117 Å². The number of hydrogen-bond donors (Lipinski definition) is 0. The fraction of sp³-hybridized carbons (Fsp3) is 0.964. The van der Waals surface area contributed by atoms with E-state index in [0.717, 1.165) is 65.1 Å². The van der Waals surface area contributed by atoms with Crippen molar-refractivity contribution in [3.05, 3.63) is 0 Å². The average molecular weight is 469 g/mol. The van der Waals surface area contributed by atoms with Gasteiger partial charge in [0.1, 0.15) is 0 Å². The molecule has 0 bridgehead atoms. The molecular formula is C28H56N2O3. The van der Waals surface area contributed by atoms with Crippen molar-refractivity contribution in [1.82, 2.24) is 9.80 Å². The van der Waals surface area contributed by atoms with E-state index < -0.39 is 0 Å². The summed E-state index contributed by atoms with van der Waals surface area (Å²) in [6.07, 6.45) is 19.6. The smallest absolute Gasteiger partial charge is 0.307 e. The van der Waals surface area contributed by atoms with Gasteiger partial charge >= 0.3 is 5.97 Å². The summed E-state index contributed by atoms with van der Waals surface area (Å²) >= 11 is 0. The van der Waals surface area contributed by atoms with Crippen LogP contribution < -0.4 is 0 Å². The van der Waals surface area contributed by atoms with Crippen LogP contribution in [0, 0.1) is 0 Å². The number of likely N-dealkylation sites (tertiary alicyclic amines) is 1. The molecule has 1 fully saturated rings. The molecule has 0 amide bonds. The molecule has 0 saturated carbocycles. The zero-order valence-corrected chi connectivity index (χ0v) is 22.3. The van der Waals surface area contributed by atoms with Crippen LogP contribution >= 0.6 is 0 Å². The molecule has 196 valence electrons. The van der Waals surface area contributed by atoms with Crippen molar-refractivity contribution in [2.24, 2.45) is 0 Å². The highest BCUT2D eigenvalue weighted by molar-refractivity contribution is 5.69. The quantitative estimate of drug-likeness (QED) is 0.120. The molecule has 0 aliphatic carbocycles. The monoisotopic (exact) mass is 468 g/mol. The number of carbonyl (C=O) groups excluding carboxylic acids is 1. The van der Waals surface area contributed by atoms with Gasteiger partial charge < -0.3 is 19.3 Å². The highest BCUT2D eigenvalue weighted by atomic mass is 16.5. The minimum absolute atomic E-state index is 0.0427. The summed E-state index contributed by atoms with van der Waals surface area (Å²) in [7, 11) is 0. The van der Waals surface area contributed by atoms with Crippen LogP contribution in [0.3, 0.4) is 0 Å². The predicted molar refractivity (Wildman–Crippen MR) is 140 cm³/mol. The number of esters is 1. The largest absolute Gasteiger partial charge is 0.466 e. The van der Waals surface area contributed by atoms with E-state index in [2.05, 4.69) is 23.6 Å². The summed E-state index contributed by atoms with van der Waals surface area (Å²) in [4.78, 5) is 17.0. The van der Waals surface area contributed by atoms with Gasteiger partial charge in [-0.15, -0.1) is 0 Å². The maximum atomic E-state index is 12.1. The van der Waals surface area contributed by atoms with Gasteiger partial charge in [0.05, 0.1) is 13.0 Å². The molecule has 1 aliphatic heterocycles. The molecule has 0 aromatic carbocycles. The van der Waals surface area contributed by atoms with Gasteiger partial charge in [-0.25, -0.2) is 0 Å². The first-order valence-corrected chi connectivity index (χ1v) is 14.4. The maximum absolute atomic E-state index is 12.1. The minimum Gasteiger partial charge on any atom is -0.466 e. The van der Waals surface area contributed by atoms with Crippen LogP contribution in [0.4, 0.5) is 0 Å². The van der Waals surface area contributed by atoms with E-state index >= 15 is 0 Å². The van der Waals surface area contributed by atoms with Gasteiger partial charge in [-0.3, -0.25) is 4.79 Å². The highest BCUT2D eigenvalue weighted by Gasteiger charge is 2.14. The summed E-state index contributed by atoms with van der Waals surface area (Å²) < 4.78 is 11.2. The Morgan fingerprint density at radius 2 is 1.27 bits per heavy atom. The first-order valence-electron chi connectivity index (χ1n) is 14.4. The van der Waals surface area contributed by atoms with Gasteiger partial charge in [0.2, 0.25) is 0 Å². The van der Waals surface area contributed by atoms with E-state index in [0.29, 0.717) is 13.0 Å². The lowest BCUT2D eigenvalue weighted by molar-refractivity contribution is -0.144. The first-order chi connectivity index (χ1) is 16.3. The molecule has 0 N–H and O–H groups in total. The molecule has 0 radical (unpaired) electrons. The molecule has 1 saturated heterocycles. The van der Waals surface area contributed by atoms with E-state index in [1.165, 1.54) is 83.7 Å². The predicted octanol–water partition coefficient (Wildman–Crippen LogP) is 6.45. The van der Waals surface area contributed by atoms with Crippen molar-refractivity contribution in [2.45, 2.75) is 117 Å². The summed E-state index contributed by atoms with van der Waals surface area (Å²) in [5.41, 5.74) is 0. The zero-order chi connectivity index (χ0) is 23.8. The van der Waals surface area contributed by atoms with Crippen molar-refractivity contribution >= 4 is 5.97 Å². The lowest BCUT2D eigenvalue weighted by atomic mass is 10.1. The number of rotatable bonds is 24. The molecule has 0 spiro atoms. The molecule has 1 heterocycles. The first kappa shape index (κ1) is 30.4. The van der Waals surface area contributed by atoms with Gasteiger partial charge in [-0.05, 0) is 64.6 Å². The molecule has 1 rings (SSSR count). The van der Waals surface area contributed by atoms with E-state index in [4.69, 9.17) is 9.47 Å². The number of unbranched alkanes of at least 4 members (excludes halogenated alkanes) is 10. The van der Waals surface area contributed by atoms with Gasteiger partial charge in [0.15, 0.2) is 0 Å². The van der Waals surface area contributed by atoms with Gasteiger partial charge in [0.25, 0.3) is 0 Å². The molecule has 33 heavy (non-hydrogen) atoms. The normalized spacial score (nSPS) is 14.4. The van der Waals surface area contributed by atoms with Crippen molar-refractivity contribution in [3.8, 4) is 0 Å². The van der Waals surface area contributed by atoms with Crippen LogP contribution in [-0.2, 0) is 14.3 Å². The van der Waals surface area contributed by atoms with E-state index in [9.17, 15) is 4.79 Å². The van der Waals surface area contributed by atoms with Gasteiger partial charge in [-0.2, -0.15) is 0 Å². The van der Waals surface area contributed by atoms with Crippen molar-refractivity contribution in [1.29, 1.82) is 0 Å². The number of hydrogen-bond acceptors (Lipinski definition) is 5. The van der Waals surface area contributed by atoms with E-state index in [1.807, 2.05) is 0 Å². The SMILES string of the molecule is CCCCCCCCCCCOCCCCCOC(=O)CCN(CCC)CCN1CCCC1. The maximum Gasteiger partial charge on any atom is 0.307 e. The molecule has 0 aromatic rings. The Hall–Kier alpha value is -0.650. The number of carbonyl (C=O) groups is 1. The number of nitrogens with zero attached hydrogens (tertiary/aromatic N) is 2. The number of ether oxygens (including phenoxy) is 2. The van der Waals surface area contributed by atoms with Crippen LogP contribution in [0.25, 0.3) is 0 Å². The summed E-state index contributed by atoms with van der Waals surface area (Å²) in [6.45, 7) is 13.4. The van der Waals surface area contributed by atoms with Crippen LogP contribution in [0.15, 0.2) is 0 Å². The molecule has 0 aromatic heterocycles. The lowest BCUT2D eigenvalue weighted by Gasteiger charge is -2.24. The van der Waals surface area contributed by atoms with Crippen molar-refractivity contribution < 1.29 is 14.3 Å². The molecular weight excluding hydrogens is 412 g/mol. The second-order valence-electron chi connectivity index (χ2n) is 9.86. The Morgan fingerprint density at radius 3 is 1.91 bits per heavy atom.